The van der Waals surface area contributed by atoms with Crippen molar-refractivity contribution in [1.82, 2.24) is 14.1 Å². The maximum atomic E-state index is 13.8. The number of benzene rings is 2. The molecule has 0 N–H and O–H groups in total. The van der Waals surface area contributed by atoms with Gasteiger partial charge in [-0.15, -0.1) is 0 Å². The Bertz CT molecular complexity index is 1390. The van der Waals surface area contributed by atoms with Crippen molar-refractivity contribution in [2.75, 3.05) is 0 Å². The van der Waals surface area contributed by atoms with Crippen molar-refractivity contribution in [2.24, 2.45) is 7.05 Å². The summed E-state index contributed by atoms with van der Waals surface area (Å²) in [5.74, 6) is 0.619. The zero-order valence-corrected chi connectivity index (χ0v) is 18.6. The fourth-order valence-electron chi connectivity index (χ4n) is 4.73. The molecule has 0 aliphatic heterocycles. The maximum absolute atomic E-state index is 13.8. The summed E-state index contributed by atoms with van der Waals surface area (Å²) >= 11 is 0. The number of nitrogens with zero attached hydrogens (tertiary/aromatic N) is 3. The van der Waals surface area contributed by atoms with Crippen LogP contribution in [0.2, 0.25) is 0 Å². The van der Waals surface area contributed by atoms with Crippen molar-refractivity contribution in [2.45, 2.75) is 44.3 Å². The lowest BCUT2D eigenvalue weighted by atomic mass is 9.95. The van der Waals surface area contributed by atoms with Crippen molar-refractivity contribution in [3.05, 3.63) is 87.8 Å². The number of fused-ring (bicyclic) bond motifs is 1. The fourth-order valence-corrected chi connectivity index (χ4v) is 4.73. The predicted octanol–water partition coefficient (Wildman–Crippen LogP) is 5.91. The number of rotatable bonds is 4. The molecular formula is C26H24F3N3O. The maximum Gasteiger partial charge on any atom is 0.398 e. The molecular weight excluding hydrogens is 427 g/mol. The minimum atomic E-state index is -4.28. The number of alkyl halides is 3. The van der Waals surface area contributed by atoms with Gasteiger partial charge in [0, 0.05) is 24.4 Å². The van der Waals surface area contributed by atoms with Crippen LogP contribution in [0.4, 0.5) is 13.2 Å². The Morgan fingerprint density at radius 3 is 2.36 bits per heavy atom. The quantitative estimate of drug-likeness (QED) is 0.387. The summed E-state index contributed by atoms with van der Waals surface area (Å²) in [6, 6.07) is 16.3. The Morgan fingerprint density at radius 2 is 1.76 bits per heavy atom. The molecule has 0 unspecified atom stereocenters. The van der Waals surface area contributed by atoms with Gasteiger partial charge in [-0.2, -0.15) is 13.2 Å². The number of halogens is 3. The standard InChI is InChI=1S/C26H24F3N3O/c1-16-13-19(15-31(3)24(16)33)23-30-21-10-9-20(25(11-12-25)26(27,28)29)14-22(21)32(23)17(2)18-7-5-4-6-8-18/h4-10,13-15,17H,11-12H2,1-3H3/t17-/m0/s1. The summed E-state index contributed by atoms with van der Waals surface area (Å²) in [5, 5.41) is 0. The first kappa shape index (κ1) is 21.5. The Morgan fingerprint density at radius 1 is 1.06 bits per heavy atom. The average Bonchev–Trinajstić information content (AvgIpc) is 3.53. The average molecular weight is 451 g/mol. The molecule has 0 bridgehead atoms. The summed E-state index contributed by atoms with van der Waals surface area (Å²) in [5.41, 5.74) is 2.04. The molecule has 2 heterocycles. The second-order valence-corrected chi connectivity index (χ2v) is 9.00. The third-order valence-electron chi connectivity index (χ3n) is 6.82. The monoisotopic (exact) mass is 451 g/mol. The summed E-state index contributed by atoms with van der Waals surface area (Å²) < 4.78 is 45.0. The van der Waals surface area contributed by atoms with E-state index >= 15 is 0 Å². The van der Waals surface area contributed by atoms with E-state index in [-0.39, 0.29) is 30.0 Å². The molecule has 4 nitrogen and oxygen atoms in total. The molecule has 33 heavy (non-hydrogen) atoms. The predicted molar refractivity (Wildman–Crippen MR) is 122 cm³/mol. The van der Waals surface area contributed by atoms with Crippen molar-refractivity contribution >= 4 is 11.0 Å². The molecule has 0 spiro atoms. The second-order valence-electron chi connectivity index (χ2n) is 9.00. The van der Waals surface area contributed by atoms with Crippen LogP contribution in [-0.2, 0) is 12.5 Å². The minimum absolute atomic E-state index is 0.0966. The zero-order valence-electron chi connectivity index (χ0n) is 18.6. The van der Waals surface area contributed by atoms with Crippen LogP contribution in [0.3, 0.4) is 0 Å². The summed E-state index contributed by atoms with van der Waals surface area (Å²) in [7, 11) is 1.69. The van der Waals surface area contributed by atoms with Gasteiger partial charge in [-0.05, 0) is 56.0 Å². The van der Waals surface area contributed by atoms with E-state index < -0.39 is 11.6 Å². The van der Waals surface area contributed by atoms with Gasteiger partial charge in [-0.1, -0.05) is 36.4 Å². The highest BCUT2D eigenvalue weighted by atomic mass is 19.4. The van der Waals surface area contributed by atoms with Crippen LogP contribution in [-0.4, -0.2) is 20.3 Å². The zero-order chi connectivity index (χ0) is 23.5. The van der Waals surface area contributed by atoms with Crippen LogP contribution in [0.1, 0.15) is 42.5 Å². The molecule has 4 aromatic rings. The number of hydrogen-bond donors (Lipinski definition) is 0. The molecule has 1 saturated carbocycles. The van der Waals surface area contributed by atoms with Gasteiger partial charge in [-0.25, -0.2) is 4.98 Å². The van der Waals surface area contributed by atoms with Crippen molar-refractivity contribution < 1.29 is 13.2 Å². The van der Waals surface area contributed by atoms with Gasteiger partial charge in [0.25, 0.3) is 5.56 Å². The Balaban J connectivity index is 1.78. The highest BCUT2D eigenvalue weighted by Gasteiger charge is 2.64. The summed E-state index contributed by atoms with van der Waals surface area (Å²) in [6.07, 6.45) is -2.34. The highest BCUT2D eigenvalue weighted by molar-refractivity contribution is 5.82. The van der Waals surface area contributed by atoms with E-state index in [9.17, 15) is 18.0 Å². The number of aryl methyl sites for hydroxylation is 2. The Hall–Kier alpha value is -3.35. The van der Waals surface area contributed by atoms with Gasteiger partial charge in [0.2, 0.25) is 0 Å². The first-order chi connectivity index (χ1) is 15.6. The molecule has 0 saturated heterocycles. The van der Waals surface area contributed by atoms with E-state index in [2.05, 4.69) is 0 Å². The molecule has 0 amide bonds. The molecule has 170 valence electrons. The lowest BCUT2D eigenvalue weighted by molar-refractivity contribution is -0.160. The molecule has 1 atom stereocenters. The van der Waals surface area contributed by atoms with Crippen LogP contribution in [0.5, 0.6) is 0 Å². The largest absolute Gasteiger partial charge is 0.398 e. The highest BCUT2D eigenvalue weighted by Crippen LogP contribution is 2.59. The fraction of sp³-hybridized carbons (Fsp3) is 0.308. The molecule has 7 heteroatoms. The topological polar surface area (TPSA) is 39.8 Å². The summed E-state index contributed by atoms with van der Waals surface area (Å²) in [4.78, 5) is 17.1. The molecule has 2 aromatic heterocycles. The van der Waals surface area contributed by atoms with Gasteiger partial charge in [0.1, 0.15) is 5.82 Å². The van der Waals surface area contributed by atoms with Crippen LogP contribution in [0.25, 0.3) is 22.4 Å². The molecule has 1 aliphatic carbocycles. The molecule has 1 aliphatic rings. The van der Waals surface area contributed by atoms with E-state index in [4.69, 9.17) is 4.98 Å². The van der Waals surface area contributed by atoms with Crippen LogP contribution in [0.15, 0.2) is 65.6 Å². The molecule has 0 radical (unpaired) electrons. The summed E-state index contributed by atoms with van der Waals surface area (Å²) in [6.45, 7) is 3.76. The second kappa shape index (κ2) is 7.33. The van der Waals surface area contributed by atoms with Gasteiger partial charge in [-0.3, -0.25) is 4.79 Å². The van der Waals surface area contributed by atoms with Gasteiger partial charge in [0.05, 0.1) is 22.5 Å². The lowest BCUT2D eigenvalue weighted by Gasteiger charge is -2.21. The smallest absolute Gasteiger partial charge is 0.318 e. The number of aromatic nitrogens is 3. The lowest BCUT2D eigenvalue weighted by Crippen LogP contribution is -2.28. The molecule has 2 aromatic carbocycles. The first-order valence-corrected chi connectivity index (χ1v) is 10.9. The Kier molecular flexibility index (Phi) is 4.78. The third kappa shape index (κ3) is 3.37. The van der Waals surface area contributed by atoms with Crippen LogP contribution >= 0.6 is 0 Å². The molecule has 5 rings (SSSR count). The van der Waals surface area contributed by atoms with E-state index in [0.29, 0.717) is 22.4 Å². The SMILES string of the molecule is Cc1cc(-c2nc3ccc(C4(C(F)(F)F)CC4)cc3n2[C@@H](C)c2ccccc2)cn(C)c1=O. The van der Waals surface area contributed by atoms with Gasteiger partial charge in [0.15, 0.2) is 0 Å². The molecule has 1 fully saturated rings. The Labute approximate surface area is 189 Å². The first-order valence-electron chi connectivity index (χ1n) is 10.9. The number of pyridine rings is 1. The van der Waals surface area contributed by atoms with Gasteiger partial charge < -0.3 is 9.13 Å². The van der Waals surface area contributed by atoms with Crippen LogP contribution in [0, 0.1) is 6.92 Å². The van der Waals surface area contributed by atoms with Crippen molar-refractivity contribution in [1.29, 1.82) is 0 Å². The van der Waals surface area contributed by atoms with E-state index in [1.54, 1.807) is 44.4 Å². The normalized spacial score (nSPS) is 16.2. The minimum Gasteiger partial charge on any atom is -0.318 e. The number of hydrogen-bond acceptors (Lipinski definition) is 2. The van der Waals surface area contributed by atoms with E-state index in [0.717, 1.165) is 11.1 Å². The van der Waals surface area contributed by atoms with Crippen LogP contribution < -0.4 is 5.56 Å². The van der Waals surface area contributed by atoms with Crippen molar-refractivity contribution in [3.63, 3.8) is 0 Å². The van der Waals surface area contributed by atoms with Crippen molar-refractivity contribution in [3.8, 4) is 11.4 Å². The third-order valence-corrected chi connectivity index (χ3v) is 6.82. The van der Waals surface area contributed by atoms with E-state index in [1.165, 1.54) is 4.57 Å². The van der Waals surface area contributed by atoms with E-state index in [1.807, 2.05) is 41.8 Å². The number of imidazole rings is 1. The van der Waals surface area contributed by atoms with Gasteiger partial charge >= 0.3 is 6.18 Å².